The van der Waals surface area contributed by atoms with Gasteiger partial charge in [-0.2, -0.15) is 0 Å². The zero-order chi connectivity index (χ0) is 14.8. The summed E-state index contributed by atoms with van der Waals surface area (Å²) in [6.45, 7) is 0.762. The highest BCUT2D eigenvalue weighted by Gasteiger charge is 2.29. The molecule has 8 heteroatoms. The summed E-state index contributed by atoms with van der Waals surface area (Å²) in [6.07, 6.45) is 0.244. The van der Waals surface area contributed by atoms with Crippen molar-refractivity contribution in [3.8, 4) is 0 Å². The van der Waals surface area contributed by atoms with Gasteiger partial charge < -0.3 is 24.9 Å². The highest BCUT2D eigenvalue weighted by Crippen LogP contribution is 2.32. The SMILES string of the molecule is O=C(O)[C@@H]1C[C@@H](OCc2ccc(P(=O)(O)O)cc2)CN1. The molecule has 1 aliphatic heterocycles. The van der Waals surface area contributed by atoms with Gasteiger partial charge in [0.1, 0.15) is 6.04 Å². The van der Waals surface area contributed by atoms with Gasteiger partial charge in [0.25, 0.3) is 0 Å². The van der Waals surface area contributed by atoms with Crippen LogP contribution in [0.5, 0.6) is 0 Å². The number of ether oxygens (including phenoxy) is 1. The number of nitrogens with one attached hydrogen (secondary N) is 1. The molecule has 1 heterocycles. The average molecular weight is 301 g/mol. The molecule has 1 saturated heterocycles. The van der Waals surface area contributed by atoms with E-state index in [-0.39, 0.29) is 18.0 Å². The Kier molecular flexibility index (Phi) is 4.57. The molecule has 0 saturated carbocycles. The lowest BCUT2D eigenvalue weighted by atomic mass is 10.2. The number of hydrogen-bond donors (Lipinski definition) is 4. The van der Waals surface area contributed by atoms with Gasteiger partial charge in [0, 0.05) is 13.0 Å². The maximum Gasteiger partial charge on any atom is 0.356 e. The summed E-state index contributed by atoms with van der Waals surface area (Å²) < 4.78 is 16.6. The molecule has 1 fully saturated rings. The molecular weight excluding hydrogens is 285 g/mol. The van der Waals surface area contributed by atoms with Crippen molar-refractivity contribution in [3.05, 3.63) is 29.8 Å². The number of carboxylic acids is 1. The first-order valence-corrected chi connectivity index (χ1v) is 7.70. The molecule has 0 radical (unpaired) electrons. The topological polar surface area (TPSA) is 116 Å². The van der Waals surface area contributed by atoms with E-state index >= 15 is 0 Å². The van der Waals surface area contributed by atoms with E-state index in [4.69, 9.17) is 19.6 Å². The van der Waals surface area contributed by atoms with E-state index in [9.17, 15) is 9.36 Å². The Morgan fingerprint density at radius 3 is 2.50 bits per heavy atom. The van der Waals surface area contributed by atoms with Crippen LogP contribution in [-0.2, 0) is 20.7 Å². The van der Waals surface area contributed by atoms with Gasteiger partial charge in [0.2, 0.25) is 0 Å². The van der Waals surface area contributed by atoms with E-state index in [0.29, 0.717) is 13.0 Å². The van der Waals surface area contributed by atoms with Crippen LogP contribution in [0.15, 0.2) is 24.3 Å². The van der Waals surface area contributed by atoms with Gasteiger partial charge in [-0.1, -0.05) is 12.1 Å². The fourth-order valence-electron chi connectivity index (χ4n) is 2.02. The summed E-state index contributed by atoms with van der Waals surface area (Å²) in [5.41, 5.74) is 0.779. The Bertz CT molecular complexity index is 525. The molecule has 110 valence electrons. The molecule has 0 aliphatic carbocycles. The fourth-order valence-corrected chi connectivity index (χ4v) is 2.56. The van der Waals surface area contributed by atoms with Crippen molar-refractivity contribution in [3.63, 3.8) is 0 Å². The Hall–Kier alpha value is -1.24. The van der Waals surface area contributed by atoms with Crippen molar-refractivity contribution in [1.29, 1.82) is 0 Å². The quantitative estimate of drug-likeness (QED) is 0.557. The van der Waals surface area contributed by atoms with E-state index < -0.39 is 19.6 Å². The second-order valence-corrected chi connectivity index (χ2v) is 6.28. The molecule has 0 spiro atoms. The van der Waals surface area contributed by atoms with Crippen LogP contribution in [0.3, 0.4) is 0 Å². The molecule has 7 nitrogen and oxygen atoms in total. The van der Waals surface area contributed by atoms with Crippen LogP contribution < -0.4 is 10.6 Å². The van der Waals surface area contributed by atoms with Crippen molar-refractivity contribution >= 4 is 18.9 Å². The third kappa shape index (κ3) is 3.88. The minimum atomic E-state index is -4.21. The minimum Gasteiger partial charge on any atom is -0.480 e. The normalized spacial score (nSPS) is 22.9. The van der Waals surface area contributed by atoms with Gasteiger partial charge in [-0.25, -0.2) is 0 Å². The number of aliphatic carboxylic acids is 1. The van der Waals surface area contributed by atoms with Crippen LogP contribution in [0.1, 0.15) is 12.0 Å². The van der Waals surface area contributed by atoms with Gasteiger partial charge in [-0.05, 0) is 17.7 Å². The molecule has 2 atom stereocenters. The van der Waals surface area contributed by atoms with Crippen molar-refractivity contribution < 1.29 is 29.0 Å². The zero-order valence-electron chi connectivity index (χ0n) is 10.6. The first-order valence-electron chi connectivity index (χ1n) is 6.09. The molecule has 0 unspecified atom stereocenters. The maximum absolute atomic E-state index is 11.0. The predicted molar refractivity (Wildman–Crippen MR) is 70.7 cm³/mol. The van der Waals surface area contributed by atoms with Gasteiger partial charge in [-0.3, -0.25) is 9.36 Å². The molecule has 1 aliphatic rings. The molecule has 20 heavy (non-hydrogen) atoms. The van der Waals surface area contributed by atoms with Crippen LogP contribution in [-0.4, -0.2) is 39.6 Å². The molecule has 1 aromatic rings. The van der Waals surface area contributed by atoms with E-state index in [0.717, 1.165) is 5.56 Å². The number of rotatable bonds is 5. The van der Waals surface area contributed by atoms with Crippen molar-refractivity contribution in [2.24, 2.45) is 0 Å². The largest absolute Gasteiger partial charge is 0.480 e. The fraction of sp³-hybridized carbons (Fsp3) is 0.417. The van der Waals surface area contributed by atoms with Gasteiger partial charge in [0.15, 0.2) is 0 Å². The molecular formula is C12H16NO6P. The van der Waals surface area contributed by atoms with E-state index in [1.54, 1.807) is 12.1 Å². The molecule has 0 bridgehead atoms. The third-order valence-electron chi connectivity index (χ3n) is 3.15. The predicted octanol–water partition coefficient (Wildman–Crippen LogP) is -0.179. The van der Waals surface area contributed by atoms with Crippen LogP contribution >= 0.6 is 7.60 Å². The van der Waals surface area contributed by atoms with Crippen LogP contribution in [0.4, 0.5) is 0 Å². The number of carbonyl (C=O) groups is 1. The second-order valence-electron chi connectivity index (χ2n) is 4.68. The Morgan fingerprint density at radius 2 is 2.00 bits per heavy atom. The second kappa shape index (κ2) is 6.03. The van der Waals surface area contributed by atoms with E-state index in [1.165, 1.54) is 12.1 Å². The number of carboxylic acid groups (broad SMARTS) is 1. The number of benzene rings is 1. The van der Waals surface area contributed by atoms with E-state index in [1.807, 2.05) is 0 Å². The Labute approximate surface area is 115 Å². The zero-order valence-corrected chi connectivity index (χ0v) is 11.5. The highest BCUT2D eigenvalue weighted by molar-refractivity contribution is 7.60. The van der Waals surface area contributed by atoms with Crippen molar-refractivity contribution in [2.75, 3.05) is 6.54 Å². The summed E-state index contributed by atoms with van der Waals surface area (Å²) in [7, 11) is -4.21. The van der Waals surface area contributed by atoms with E-state index in [2.05, 4.69) is 5.32 Å². The summed E-state index contributed by atoms with van der Waals surface area (Å²) in [6, 6.07) is 5.34. The van der Waals surface area contributed by atoms with Crippen molar-refractivity contribution in [2.45, 2.75) is 25.2 Å². The summed E-state index contributed by atoms with van der Waals surface area (Å²) in [4.78, 5) is 28.7. The minimum absolute atomic E-state index is 0.0327. The van der Waals surface area contributed by atoms with Gasteiger partial charge in [-0.15, -0.1) is 0 Å². The van der Waals surface area contributed by atoms with Crippen LogP contribution in [0.25, 0.3) is 0 Å². The molecule has 0 amide bonds. The summed E-state index contributed by atoms with van der Waals surface area (Å²) >= 11 is 0. The molecule has 4 N–H and O–H groups in total. The standard InChI is InChI=1S/C12H16NO6P/c14-12(15)11-5-9(6-13-11)19-7-8-1-3-10(4-2-8)20(16,17)18/h1-4,9,11,13H,5-7H2,(H,14,15)(H2,16,17,18)/t9-,11+/m1/s1. The Balaban J connectivity index is 1.86. The van der Waals surface area contributed by atoms with Gasteiger partial charge >= 0.3 is 13.6 Å². The third-order valence-corrected chi connectivity index (χ3v) is 4.12. The molecule has 0 aromatic heterocycles. The lowest BCUT2D eigenvalue weighted by Gasteiger charge is -2.11. The van der Waals surface area contributed by atoms with Crippen LogP contribution in [0.2, 0.25) is 0 Å². The Morgan fingerprint density at radius 1 is 1.35 bits per heavy atom. The first kappa shape index (κ1) is 15.2. The smallest absolute Gasteiger partial charge is 0.356 e. The molecule has 1 aromatic carbocycles. The number of hydrogen-bond acceptors (Lipinski definition) is 4. The summed E-state index contributed by atoms with van der Waals surface area (Å²) in [5, 5.41) is 11.6. The average Bonchev–Trinajstić information content (AvgIpc) is 2.85. The first-order chi connectivity index (χ1) is 9.36. The summed E-state index contributed by atoms with van der Waals surface area (Å²) in [5.74, 6) is -0.887. The lowest BCUT2D eigenvalue weighted by Crippen LogP contribution is -2.29. The maximum atomic E-state index is 11.0. The molecule has 2 rings (SSSR count). The van der Waals surface area contributed by atoms with Crippen molar-refractivity contribution in [1.82, 2.24) is 5.32 Å². The van der Waals surface area contributed by atoms with Gasteiger partial charge in [0.05, 0.1) is 18.0 Å². The lowest BCUT2D eigenvalue weighted by molar-refractivity contribution is -0.139. The van der Waals surface area contributed by atoms with Crippen LogP contribution in [0, 0.1) is 0 Å². The highest BCUT2D eigenvalue weighted by atomic mass is 31.2. The monoisotopic (exact) mass is 301 g/mol.